The molecule has 0 fully saturated rings. The zero-order chi connectivity index (χ0) is 17.3. The predicted molar refractivity (Wildman–Crippen MR) is 91.8 cm³/mol. The predicted octanol–water partition coefficient (Wildman–Crippen LogP) is 4.55. The second-order valence-electron chi connectivity index (χ2n) is 6.00. The van der Waals surface area contributed by atoms with Crippen LogP contribution < -0.4 is 0 Å². The van der Waals surface area contributed by atoms with Crippen LogP contribution in [0, 0.1) is 5.41 Å². The molecule has 1 aromatic rings. The molecular formula is C19H27NO3. The summed E-state index contributed by atoms with van der Waals surface area (Å²) >= 11 is 0. The van der Waals surface area contributed by atoms with Crippen LogP contribution in [0.1, 0.15) is 45.1 Å². The number of benzene rings is 1. The average molecular weight is 317 g/mol. The Labute approximate surface area is 139 Å². The summed E-state index contributed by atoms with van der Waals surface area (Å²) in [5.41, 5.74) is 0.253. The van der Waals surface area contributed by atoms with Crippen LogP contribution in [-0.2, 0) is 16.1 Å². The van der Waals surface area contributed by atoms with Crippen molar-refractivity contribution in [3.8, 4) is 0 Å². The third-order valence-electron chi connectivity index (χ3n) is 4.02. The average Bonchev–Trinajstić information content (AvgIpc) is 2.57. The summed E-state index contributed by atoms with van der Waals surface area (Å²) in [5.74, 6) is -0.207. The fraction of sp³-hybridized carbons (Fsp3) is 0.474. The van der Waals surface area contributed by atoms with E-state index in [2.05, 4.69) is 13.5 Å². The minimum atomic E-state index is -0.638. The third-order valence-corrected chi connectivity index (χ3v) is 4.02. The topological polar surface area (TPSA) is 46.6 Å². The lowest BCUT2D eigenvalue weighted by Gasteiger charge is -2.32. The van der Waals surface area contributed by atoms with Crippen molar-refractivity contribution in [2.75, 3.05) is 7.11 Å². The molecular weight excluding hydrogens is 290 g/mol. The fourth-order valence-electron chi connectivity index (χ4n) is 2.60. The van der Waals surface area contributed by atoms with Crippen molar-refractivity contribution in [3.63, 3.8) is 0 Å². The number of allylic oxidation sites excluding steroid dienone is 1. The summed E-state index contributed by atoms with van der Waals surface area (Å²) in [5, 5.41) is 0. The number of rotatable bonds is 8. The zero-order valence-electron chi connectivity index (χ0n) is 14.4. The largest absolute Gasteiger partial charge is 0.452 e. The number of nitrogens with zero attached hydrogens (tertiary/aromatic N) is 1. The maximum atomic E-state index is 13.0. The first kappa shape index (κ1) is 18.9. The normalized spacial score (nSPS) is 13.0. The van der Waals surface area contributed by atoms with Gasteiger partial charge in [-0.3, -0.25) is 4.79 Å². The van der Waals surface area contributed by atoms with Crippen LogP contribution in [-0.4, -0.2) is 24.0 Å². The van der Waals surface area contributed by atoms with E-state index in [4.69, 9.17) is 4.74 Å². The van der Waals surface area contributed by atoms with E-state index in [1.807, 2.05) is 37.3 Å². The molecule has 4 nitrogen and oxygen atoms in total. The van der Waals surface area contributed by atoms with Crippen LogP contribution >= 0.6 is 0 Å². The number of ether oxygens (including phenoxy) is 1. The lowest BCUT2D eigenvalue weighted by molar-refractivity contribution is -0.140. The molecule has 0 heterocycles. The zero-order valence-corrected chi connectivity index (χ0v) is 14.4. The number of unbranched alkanes of at least 4 members (excludes halogenated alkanes) is 1. The van der Waals surface area contributed by atoms with E-state index in [1.54, 1.807) is 6.08 Å². The summed E-state index contributed by atoms with van der Waals surface area (Å²) in [4.78, 5) is 26.4. The van der Waals surface area contributed by atoms with Crippen LogP contribution in [0.4, 0.5) is 4.79 Å². The lowest BCUT2D eigenvalue weighted by atomic mass is 9.80. The van der Waals surface area contributed by atoms with Gasteiger partial charge in [0.1, 0.15) is 0 Å². The highest BCUT2D eigenvalue weighted by Gasteiger charge is 2.38. The number of carbonyl (C=O) groups is 2. The highest BCUT2D eigenvalue weighted by Crippen LogP contribution is 2.32. The standard InChI is InChI=1S/C19H27NO3/c1-5-7-14-19(3,13-6-2)17(21)20(18(22)23-4)15-16-11-9-8-10-12-16/h6,8-12H,2,5,7,13-15H2,1,3-4H3/t19-/m1/s1. The Morgan fingerprint density at radius 2 is 1.96 bits per heavy atom. The number of imide groups is 1. The quantitative estimate of drug-likeness (QED) is 0.661. The van der Waals surface area contributed by atoms with Gasteiger partial charge in [0, 0.05) is 0 Å². The highest BCUT2D eigenvalue weighted by molar-refractivity contribution is 5.95. The van der Waals surface area contributed by atoms with E-state index >= 15 is 0 Å². The monoisotopic (exact) mass is 317 g/mol. The van der Waals surface area contributed by atoms with Gasteiger partial charge < -0.3 is 4.74 Å². The summed E-state index contributed by atoms with van der Waals surface area (Å²) in [6.45, 7) is 7.95. The molecule has 2 amide bonds. The maximum absolute atomic E-state index is 13.0. The Morgan fingerprint density at radius 1 is 1.30 bits per heavy atom. The maximum Gasteiger partial charge on any atom is 0.416 e. The molecule has 0 saturated carbocycles. The van der Waals surface area contributed by atoms with Gasteiger partial charge in [-0.05, 0) is 18.4 Å². The summed E-state index contributed by atoms with van der Waals surface area (Å²) in [6, 6.07) is 9.45. The third kappa shape index (κ3) is 5.23. The van der Waals surface area contributed by atoms with Crippen molar-refractivity contribution < 1.29 is 14.3 Å². The van der Waals surface area contributed by atoms with Crippen molar-refractivity contribution >= 4 is 12.0 Å². The van der Waals surface area contributed by atoms with Crippen LogP contribution in [0.5, 0.6) is 0 Å². The van der Waals surface area contributed by atoms with Gasteiger partial charge in [-0.25, -0.2) is 9.69 Å². The first-order chi connectivity index (χ1) is 11.0. The van der Waals surface area contributed by atoms with E-state index in [0.29, 0.717) is 6.42 Å². The van der Waals surface area contributed by atoms with Crippen molar-refractivity contribution in [1.29, 1.82) is 0 Å². The molecule has 0 bridgehead atoms. The van der Waals surface area contributed by atoms with Crippen molar-refractivity contribution in [1.82, 2.24) is 4.90 Å². The minimum Gasteiger partial charge on any atom is -0.452 e. The molecule has 0 aliphatic carbocycles. The molecule has 0 saturated heterocycles. The van der Waals surface area contributed by atoms with Gasteiger partial charge in [-0.15, -0.1) is 6.58 Å². The fourth-order valence-corrected chi connectivity index (χ4v) is 2.60. The van der Waals surface area contributed by atoms with Crippen LogP contribution in [0.25, 0.3) is 0 Å². The van der Waals surface area contributed by atoms with Gasteiger partial charge in [0.2, 0.25) is 5.91 Å². The Hall–Kier alpha value is -2.10. The molecule has 1 rings (SSSR count). The van der Waals surface area contributed by atoms with Gasteiger partial charge in [0.05, 0.1) is 19.1 Å². The van der Waals surface area contributed by atoms with E-state index in [9.17, 15) is 9.59 Å². The Kier molecular flexibility index (Phi) is 7.52. The molecule has 0 unspecified atom stereocenters. The van der Waals surface area contributed by atoms with Crippen molar-refractivity contribution in [2.24, 2.45) is 5.41 Å². The van der Waals surface area contributed by atoms with E-state index in [-0.39, 0.29) is 12.5 Å². The molecule has 23 heavy (non-hydrogen) atoms. The van der Waals surface area contributed by atoms with Crippen LogP contribution in [0.2, 0.25) is 0 Å². The second kappa shape index (κ2) is 9.13. The molecule has 126 valence electrons. The van der Waals surface area contributed by atoms with Gasteiger partial charge in [-0.2, -0.15) is 0 Å². The second-order valence-corrected chi connectivity index (χ2v) is 6.00. The molecule has 1 atom stereocenters. The number of methoxy groups -OCH3 is 1. The molecule has 0 spiro atoms. The molecule has 0 aromatic heterocycles. The Bertz CT molecular complexity index is 527. The smallest absolute Gasteiger partial charge is 0.416 e. The van der Waals surface area contributed by atoms with E-state index < -0.39 is 11.5 Å². The minimum absolute atomic E-state index is 0.207. The van der Waals surface area contributed by atoms with Gasteiger partial charge in [-0.1, -0.05) is 63.1 Å². The Morgan fingerprint density at radius 3 is 2.48 bits per heavy atom. The van der Waals surface area contributed by atoms with E-state index in [1.165, 1.54) is 12.0 Å². The van der Waals surface area contributed by atoms with Gasteiger partial charge in [0.15, 0.2) is 0 Å². The molecule has 0 aliphatic heterocycles. The van der Waals surface area contributed by atoms with Gasteiger partial charge >= 0.3 is 6.09 Å². The number of carbonyl (C=O) groups excluding carboxylic acids is 2. The first-order valence-corrected chi connectivity index (χ1v) is 8.03. The van der Waals surface area contributed by atoms with E-state index in [0.717, 1.165) is 24.8 Å². The molecule has 0 radical (unpaired) electrons. The lowest BCUT2D eigenvalue weighted by Crippen LogP contribution is -2.45. The summed E-state index contributed by atoms with van der Waals surface area (Å²) in [7, 11) is 1.30. The van der Waals surface area contributed by atoms with Crippen LogP contribution in [0.3, 0.4) is 0 Å². The SMILES string of the molecule is C=CC[C@](C)(CCCC)C(=O)N(Cc1ccccc1)C(=O)OC. The molecule has 0 aliphatic rings. The van der Waals surface area contributed by atoms with Crippen LogP contribution in [0.15, 0.2) is 43.0 Å². The number of hydrogen-bond donors (Lipinski definition) is 0. The van der Waals surface area contributed by atoms with Crippen molar-refractivity contribution in [3.05, 3.63) is 48.6 Å². The number of hydrogen-bond acceptors (Lipinski definition) is 3. The first-order valence-electron chi connectivity index (χ1n) is 8.03. The molecule has 4 heteroatoms. The molecule has 1 aromatic carbocycles. The summed E-state index contributed by atoms with van der Waals surface area (Å²) < 4.78 is 4.82. The Balaban J connectivity index is 3.05. The molecule has 0 N–H and O–H groups in total. The highest BCUT2D eigenvalue weighted by atomic mass is 16.5. The number of amides is 2. The summed E-state index contributed by atoms with van der Waals surface area (Å²) in [6.07, 6.45) is 4.30. The van der Waals surface area contributed by atoms with Crippen molar-refractivity contribution in [2.45, 2.75) is 46.1 Å². The van der Waals surface area contributed by atoms with Gasteiger partial charge in [0.25, 0.3) is 0 Å².